The lowest BCUT2D eigenvalue weighted by Gasteiger charge is -2.44. The van der Waals surface area contributed by atoms with Crippen molar-refractivity contribution < 1.29 is 9.21 Å². The topological polar surface area (TPSA) is 70.4 Å². The van der Waals surface area contributed by atoms with Gasteiger partial charge in [-0.15, -0.1) is 0 Å². The van der Waals surface area contributed by atoms with Gasteiger partial charge >= 0.3 is 0 Å². The van der Waals surface area contributed by atoms with Gasteiger partial charge in [0.1, 0.15) is 12.0 Å². The molecule has 1 atom stereocenters. The first kappa shape index (κ1) is 14.3. The molecule has 2 N–H and O–H groups in total. The van der Waals surface area contributed by atoms with Gasteiger partial charge in [0.25, 0.3) is 5.91 Å². The lowest BCUT2D eigenvalue weighted by molar-refractivity contribution is 0.0618. The zero-order valence-corrected chi connectivity index (χ0v) is 13.6. The SMILES string of the molecule is O=C(N[C@H]1CN2CCC1CC2)c1cc2c(NC3CC3)coc2cn1. The Hall–Kier alpha value is -2.08. The number of rotatable bonds is 4. The maximum Gasteiger partial charge on any atom is 0.270 e. The van der Waals surface area contributed by atoms with Gasteiger partial charge in [-0.2, -0.15) is 0 Å². The highest BCUT2D eigenvalue weighted by molar-refractivity contribution is 5.99. The van der Waals surface area contributed by atoms with Crippen molar-refractivity contribution in [1.82, 2.24) is 15.2 Å². The van der Waals surface area contributed by atoms with Crippen LogP contribution in [0.25, 0.3) is 11.0 Å². The number of furan rings is 1. The van der Waals surface area contributed by atoms with E-state index >= 15 is 0 Å². The summed E-state index contributed by atoms with van der Waals surface area (Å²) in [6.07, 6.45) is 8.15. The van der Waals surface area contributed by atoms with Crippen LogP contribution in [0.4, 0.5) is 5.69 Å². The van der Waals surface area contributed by atoms with Crippen molar-refractivity contribution in [1.29, 1.82) is 0 Å². The molecule has 4 aliphatic rings. The summed E-state index contributed by atoms with van der Waals surface area (Å²) >= 11 is 0. The lowest BCUT2D eigenvalue weighted by Crippen LogP contribution is -2.57. The smallest absolute Gasteiger partial charge is 0.270 e. The molecule has 0 aromatic carbocycles. The Morgan fingerprint density at radius 1 is 1.25 bits per heavy atom. The Bertz CT molecular complexity index is 774. The van der Waals surface area contributed by atoms with Crippen molar-refractivity contribution in [2.75, 3.05) is 25.0 Å². The van der Waals surface area contributed by atoms with E-state index in [-0.39, 0.29) is 11.9 Å². The second-order valence-electron chi connectivity index (χ2n) is 7.35. The number of carbonyl (C=O) groups excluding carboxylic acids is 1. The number of hydrogen-bond donors (Lipinski definition) is 2. The van der Waals surface area contributed by atoms with E-state index in [0.717, 1.165) is 23.2 Å². The van der Waals surface area contributed by atoms with Crippen LogP contribution >= 0.6 is 0 Å². The van der Waals surface area contributed by atoms with Gasteiger partial charge in [0.15, 0.2) is 5.58 Å². The number of anilines is 1. The molecular weight excluding hydrogens is 304 g/mol. The van der Waals surface area contributed by atoms with Crippen LogP contribution in [0.1, 0.15) is 36.2 Å². The molecule has 5 heterocycles. The van der Waals surface area contributed by atoms with E-state index in [2.05, 4.69) is 20.5 Å². The van der Waals surface area contributed by atoms with Gasteiger partial charge in [-0.3, -0.25) is 4.79 Å². The van der Waals surface area contributed by atoms with Gasteiger partial charge in [-0.05, 0) is 50.8 Å². The number of fused-ring (bicyclic) bond motifs is 4. The van der Waals surface area contributed by atoms with Gasteiger partial charge < -0.3 is 20.0 Å². The van der Waals surface area contributed by atoms with Gasteiger partial charge in [-0.25, -0.2) is 4.98 Å². The van der Waals surface area contributed by atoms with Crippen LogP contribution in [-0.2, 0) is 0 Å². The molecule has 0 spiro atoms. The molecule has 2 aromatic rings. The predicted octanol–water partition coefficient (Wildman–Crippen LogP) is 2.23. The molecule has 6 heteroatoms. The highest BCUT2D eigenvalue weighted by Gasteiger charge is 2.35. The fourth-order valence-electron chi connectivity index (χ4n) is 3.99. The fourth-order valence-corrected chi connectivity index (χ4v) is 3.99. The number of piperidine rings is 3. The van der Waals surface area contributed by atoms with E-state index in [4.69, 9.17) is 4.42 Å². The van der Waals surface area contributed by atoms with E-state index in [1.54, 1.807) is 12.5 Å². The normalized spacial score (nSPS) is 28.9. The summed E-state index contributed by atoms with van der Waals surface area (Å²) in [5.41, 5.74) is 2.16. The summed E-state index contributed by atoms with van der Waals surface area (Å²) in [7, 11) is 0. The quantitative estimate of drug-likeness (QED) is 0.901. The number of hydrogen-bond acceptors (Lipinski definition) is 5. The average Bonchev–Trinajstić information content (AvgIpc) is 3.35. The molecular formula is C18H22N4O2. The number of nitrogens with one attached hydrogen (secondary N) is 2. The summed E-state index contributed by atoms with van der Waals surface area (Å²) in [6, 6.07) is 2.65. The van der Waals surface area contributed by atoms with Crippen LogP contribution in [0.3, 0.4) is 0 Å². The summed E-state index contributed by atoms with van der Waals surface area (Å²) in [5, 5.41) is 7.59. The monoisotopic (exact) mass is 326 g/mol. The van der Waals surface area contributed by atoms with E-state index in [1.165, 1.54) is 38.8 Å². The van der Waals surface area contributed by atoms with E-state index in [0.29, 0.717) is 17.7 Å². The van der Waals surface area contributed by atoms with Crippen LogP contribution < -0.4 is 10.6 Å². The summed E-state index contributed by atoms with van der Waals surface area (Å²) in [5.74, 6) is 0.540. The highest BCUT2D eigenvalue weighted by atomic mass is 16.3. The Kier molecular flexibility index (Phi) is 3.26. The number of nitrogens with zero attached hydrogens (tertiary/aromatic N) is 2. The minimum absolute atomic E-state index is 0.0748. The number of aromatic nitrogens is 1. The van der Waals surface area contributed by atoms with Crippen molar-refractivity contribution >= 4 is 22.6 Å². The lowest BCUT2D eigenvalue weighted by atomic mass is 9.84. The number of amides is 1. The molecule has 126 valence electrons. The van der Waals surface area contributed by atoms with Crippen molar-refractivity contribution in [3.63, 3.8) is 0 Å². The molecule has 1 saturated carbocycles. The Labute approximate surface area is 140 Å². The Morgan fingerprint density at radius 3 is 2.79 bits per heavy atom. The molecule has 3 aliphatic heterocycles. The predicted molar refractivity (Wildman–Crippen MR) is 91.1 cm³/mol. The summed E-state index contributed by atoms with van der Waals surface area (Å²) in [4.78, 5) is 19.4. The minimum atomic E-state index is -0.0748. The van der Waals surface area contributed by atoms with Crippen LogP contribution in [0.5, 0.6) is 0 Å². The summed E-state index contributed by atoms with van der Waals surface area (Å²) < 4.78 is 5.54. The molecule has 1 amide bonds. The second-order valence-corrected chi connectivity index (χ2v) is 7.35. The molecule has 0 unspecified atom stereocenters. The van der Waals surface area contributed by atoms with Gasteiger partial charge in [0, 0.05) is 24.0 Å². The molecule has 4 fully saturated rings. The fraction of sp³-hybridized carbons (Fsp3) is 0.556. The van der Waals surface area contributed by atoms with E-state index < -0.39 is 0 Å². The molecule has 6 rings (SSSR count). The third-order valence-electron chi connectivity index (χ3n) is 5.60. The molecule has 1 aliphatic carbocycles. The highest BCUT2D eigenvalue weighted by Crippen LogP contribution is 2.32. The standard InChI is InChI=1S/C18H22N4O2/c23-18(21-15-9-22-5-3-11(15)4-6-22)14-7-13-16(20-12-1-2-12)10-24-17(13)8-19-14/h7-8,10-12,15,20H,1-6,9H2,(H,21,23)/t15-/m0/s1. The first-order valence-electron chi connectivity index (χ1n) is 8.93. The van der Waals surface area contributed by atoms with Crippen LogP contribution in [0.2, 0.25) is 0 Å². The van der Waals surface area contributed by atoms with Gasteiger partial charge in [-0.1, -0.05) is 0 Å². The molecule has 6 nitrogen and oxygen atoms in total. The van der Waals surface area contributed by atoms with E-state index in [9.17, 15) is 4.79 Å². The van der Waals surface area contributed by atoms with Crippen LogP contribution in [0, 0.1) is 5.92 Å². The molecule has 2 aromatic heterocycles. The third-order valence-corrected chi connectivity index (χ3v) is 5.60. The molecule has 24 heavy (non-hydrogen) atoms. The largest absolute Gasteiger partial charge is 0.460 e. The number of carbonyl (C=O) groups is 1. The maximum absolute atomic E-state index is 12.7. The zero-order valence-electron chi connectivity index (χ0n) is 13.6. The molecule has 3 saturated heterocycles. The van der Waals surface area contributed by atoms with Gasteiger partial charge in [0.2, 0.25) is 0 Å². The van der Waals surface area contributed by atoms with Crippen molar-refractivity contribution in [2.45, 2.75) is 37.8 Å². The van der Waals surface area contributed by atoms with Crippen molar-refractivity contribution in [3.8, 4) is 0 Å². The second kappa shape index (κ2) is 5.48. The Morgan fingerprint density at radius 2 is 2.08 bits per heavy atom. The first-order chi connectivity index (χ1) is 11.8. The minimum Gasteiger partial charge on any atom is -0.460 e. The molecule has 0 radical (unpaired) electrons. The number of pyridine rings is 1. The van der Waals surface area contributed by atoms with Crippen molar-refractivity contribution in [2.24, 2.45) is 5.92 Å². The summed E-state index contributed by atoms with van der Waals surface area (Å²) in [6.45, 7) is 3.32. The Balaban J connectivity index is 1.36. The van der Waals surface area contributed by atoms with Gasteiger partial charge in [0.05, 0.1) is 11.9 Å². The third kappa shape index (κ3) is 2.55. The molecule has 2 bridgehead atoms. The van der Waals surface area contributed by atoms with Crippen LogP contribution in [0.15, 0.2) is 22.9 Å². The first-order valence-corrected chi connectivity index (χ1v) is 8.93. The van der Waals surface area contributed by atoms with Crippen molar-refractivity contribution in [3.05, 3.63) is 24.2 Å². The maximum atomic E-state index is 12.7. The van der Waals surface area contributed by atoms with Crippen LogP contribution in [-0.4, -0.2) is 47.5 Å². The van der Waals surface area contributed by atoms with E-state index in [1.807, 2.05) is 6.07 Å². The zero-order chi connectivity index (χ0) is 16.1. The average molecular weight is 326 g/mol.